The molecule has 0 aliphatic rings. The van der Waals surface area contributed by atoms with E-state index in [1.807, 2.05) is 0 Å². The summed E-state index contributed by atoms with van der Waals surface area (Å²) in [7, 11) is 0. The third-order valence-electron chi connectivity index (χ3n) is 0.111. The first-order valence-electron chi connectivity index (χ1n) is 1.00. The Hall–Kier alpha value is -0.740. The van der Waals surface area contributed by atoms with Gasteiger partial charge in [-0.05, 0) is 0 Å². The lowest BCUT2D eigenvalue weighted by Crippen LogP contribution is -1.81. The van der Waals surface area contributed by atoms with Crippen LogP contribution in [0.3, 0.4) is 0 Å². The highest BCUT2D eigenvalue weighted by Gasteiger charge is 1.30. The van der Waals surface area contributed by atoms with Crippen LogP contribution in [0.1, 0.15) is 0 Å². The predicted octanol–water partition coefficient (Wildman–Crippen LogP) is -0.301. The van der Waals surface area contributed by atoms with Crippen LogP contribution in [0, 0.1) is 0 Å². The largest absolute Gasteiger partial charge is 0.403 e. The van der Waals surface area contributed by atoms with Gasteiger partial charge in [-0.1, -0.05) is 0 Å². The van der Waals surface area contributed by atoms with E-state index >= 15 is 0 Å². The summed E-state index contributed by atoms with van der Waals surface area (Å²) in [5.41, 5.74) is 9.44. The molecule has 4 heteroatoms. The lowest BCUT2D eigenvalue weighted by molar-refractivity contribution is 1.50. The van der Waals surface area contributed by atoms with Gasteiger partial charge in [-0.2, -0.15) is 0 Å². The molecule has 40 valence electrons. The summed E-state index contributed by atoms with van der Waals surface area (Å²) < 4.78 is 0. The van der Waals surface area contributed by atoms with Crippen molar-refractivity contribution in [3.63, 3.8) is 0 Å². The Morgan fingerprint density at radius 1 is 0.833 bits per heavy atom. The van der Waals surface area contributed by atoms with Gasteiger partial charge in [0.2, 0.25) is 0 Å². The van der Waals surface area contributed by atoms with Crippen LogP contribution in [-0.2, 0) is 0 Å². The molecule has 0 spiro atoms. The Morgan fingerprint density at radius 2 is 1.00 bits per heavy atom. The maximum Gasteiger partial charge on any atom is 0.00957 e. The fourth-order valence-electron chi connectivity index (χ4n) is 0. The van der Waals surface area contributed by atoms with Gasteiger partial charge in [-0.3, -0.25) is 0 Å². The molecule has 0 aliphatic heterocycles. The summed E-state index contributed by atoms with van der Waals surface area (Å²) in [6, 6.07) is 0. The quantitative estimate of drug-likeness (QED) is 0.327. The number of rotatable bonds is 0. The third-order valence-corrected chi connectivity index (χ3v) is 0.111. The summed E-state index contributed by atoms with van der Waals surface area (Å²) in [5, 5.41) is 0. The van der Waals surface area contributed by atoms with E-state index in [9.17, 15) is 0 Å². The minimum absolute atomic E-state index is 0. The molecular weight excluding hydrogens is 80.0 g/mol. The molecule has 0 fully saturated rings. The minimum atomic E-state index is 0. The van der Waals surface area contributed by atoms with Crippen LogP contribution in [0.15, 0.2) is 12.4 Å². The molecule has 0 rings (SSSR count). The topological polar surface area (TPSA) is 122 Å². The van der Waals surface area contributed by atoms with E-state index in [0.717, 1.165) is 0 Å². The Bertz CT molecular complexity index is 20.7. The zero-order valence-corrected chi connectivity index (χ0v) is 3.72. The smallest absolute Gasteiger partial charge is 0.00957 e. The van der Waals surface area contributed by atoms with Gasteiger partial charge in [0.05, 0.1) is 0 Å². The molecule has 0 radical (unpaired) electrons. The average molecular weight is 92.1 g/mol. The molecule has 0 saturated heterocycles. The molecule has 0 aliphatic carbocycles. The number of hydrogen-bond donors (Lipinski definition) is 4. The first-order chi connectivity index (χ1) is 1.91. The van der Waals surface area contributed by atoms with E-state index in [2.05, 4.69) is 0 Å². The lowest BCUT2D eigenvalue weighted by atomic mass is 11.0. The van der Waals surface area contributed by atoms with Crippen LogP contribution in [-0.4, -0.2) is 0 Å². The first kappa shape index (κ1) is 18.7. The Kier molecular flexibility index (Phi) is 88.8. The average Bonchev–Trinajstić information content (AvgIpc) is 1.37. The second-order valence-corrected chi connectivity index (χ2v) is 0.385. The van der Waals surface area contributed by atoms with Crippen molar-refractivity contribution >= 4 is 0 Å². The van der Waals surface area contributed by atoms with Gasteiger partial charge in [-0.25, -0.2) is 0 Å². The van der Waals surface area contributed by atoms with Gasteiger partial charge in [0, 0.05) is 12.4 Å². The maximum atomic E-state index is 4.72. The fraction of sp³-hybridized carbons (Fsp3) is 0. The van der Waals surface area contributed by atoms with Crippen LogP contribution in [0.2, 0.25) is 0 Å². The molecule has 0 unspecified atom stereocenters. The molecule has 4 nitrogen and oxygen atoms in total. The van der Waals surface area contributed by atoms with Crippen molar-refractivity contribution < 1.29 is 0 Å². The highest BCUT2D eigenvalue weighted by atomic mass is 14.6. The molecule has 0 atom stereocenters. The molecule has 0 bridgehead atoms. The van der Waals surface area contributed by atoms with Gasteiger partial charge in [0.1, 0.15) is 0 Å². The van der Waals surface area contributed by atoms with Crippen molar-refractivity contribution in [3.8, 4) is 0 Å². The summed E-state index contributed by atoms with van der Waals surface area (Å²) in [6.45, 7) is 0. The molecule has 0 aromatic heterocycles. The molecule has 6 heavy (non-hydrogen) atoms. The van der Waals surface area contributed by atoms with E-state index in [-0.39, 0.29) is 12.3 Å². The lowest BCUT2D eigenvalue weighted by Gasteiger charge is -1.56. The van der Waals surface area contributed by atoms with Crippen LogP contribution >= 0.6 is 0 Å². The van der Waals surface area contributed by atoms with Crippen LogP contribution in [0.4, 0.5) is 0 Å². The SMILES string of the molecule is N.N.N/C=C/N. The van der Waals surface area contributed by atoms with E-state index in [4.69, 9.17) is 11.5 Å². The standard InChI is InChI=1S/C2H6N2.2H3N/c3-1-2-4;;/h1-2H,3-4H2;2*1H3/b2-1+;;. The Balaban J connectivity index is -0.0000000450. The summed E-state index contributed by atoms with van der Waals surface area (Å²) in [6.07, 6.45) is 2.56. The molecular formula is C2H12N4. The zero-order chi connectivity index (χ0) is 3.41. The highest BCUT2D eigenvalue weighted by molar-refractivity contribution is 4.64. The molecule has 0 heterocycles. The minimum Gasteiger partial charge on any atom is -0.403 e. The van der Waals surface area contributed by atoms with Crippen LogP contribution < -0.4 is 23.8 Å². The van der Waals surface area contributed by atoms with Crippen molar-refractivity contribution in [2.24, 2.45) is 11.5 Å². The van der Waals surface area contributed by atoms with E-state index < -0.39 is 0 Å². The van der Waals surface area contributed by atoms with Crippen molar-refractivity contribution in [1.29, 1.82) is 0 Å². The second kappa shape index (κ2) is 28.5. The Morgan fingerprint density at radius 3 is 1.00 bits per heavy atom. The van der Waals surface area contributed by atoms with Gasteiger partial charge in [0.25, 0.3) is 0 Å². The number of nitrogens with two attached hydrogens (primary N) is 2. The molecule has 0 amide bonds. The highest BCUT2D eigenvalue weighted by Crippen LogP contribution is 1.30. The first-order valence-corrected chi connectivity index (χ1v) is 1.00. The monoisotopic (exact) mass is 92.1 g/mol. The Labute approximate surface area is 37.4 Å². The van der Waals surface area contributed by atoms with Crippen LogP contribution in [0.5, 0.6) is 0 Å². The molecule has 0 aromatic rings. The van der Waals surface area contributed by atoms with Gasteiger partial charge >= 0.3 is 0 Å². The van der Waals surface area contributed by atoms with Gasteiger partial charge < -0.3 is 23.8 Å². The van der Waals surface area contributed by atoms with Crippen molar-refractivity contribution in [3.05, 3.63) is 12.4 Å². The summed E-state index contributed by atoms with van der Waals surface area (Å²) in [5.74, 6) is 0. The predicted molar refractivity (Wildman–Crippen MR) is 27.6 cm³/mol. The van der Waals surface area contributed by atoms with Crippen molar-refractivity contribution in [2.45, 2.75) is 0 Å². The summed E-state index contributed by atoms with van der Waals surface area (Å²) in [4.78, 5) is 0. The van der Waals surface area contributed by atoms with Gasteiger partial charge in [0.15, 0.2) is 0 Å². The van der Waals surface area contributed by atoms with Crippen molar-refractivity contribution in [1.82, 2.24) is 12.3 Å². The maximum absolute atomic E-state index is 4.72. The third kappa shape index (κ3) is 246. The van der Waals surface area contributed by atoms with E-state index in [0.29, 0.717) is 0 Å². The normalized spacial score (nSPS) is 6.00. The van der Waals surface area contributed by atoms with Gasteiger partial charge in [-0.15, -0.1) is 0 Å². The fourth-order valence-corrected chi connectivity index (χ4v) is 0. The molecule has 0 saturated carbocycles. The van der Waals surface area contributed by atoms with E-state index in [1.165, 1.54) is 12.4 Å². The second-order valence-electron chi connectivity index (χ2n) is 0.385. The van der Waals surface area contributed by atoms with E-state index in [1.54, 1.807) is 0 Å². The molecule has 0 aromatic carbocycles. The van der Waals surface area contributed by atoms with Crippen molar-refractivity contribution in [2.75, 3.05) is 0 Å². The zero-order valence-electron chi connectivity index (χ0n) is 3.72. The molecule has 10 N–H and O–H groups in total. The van der Waals surface area contributed by atoms with Crippen LogP contribution in [0.25, 0.3) is 0 Å². The number of hydrogen-bond acceptors (Lipinski definition) is 4. The summed E-state index contributed by atoms with van der Waals surface area (Å²) >= 11 is 0.